The van der Waals surface area contributed by atoms with Crippen LogP contribution in [0.3, 0.4) is 0 Å². The Labute approximate surface area is 136 Å². The van der Waals surface area contributed by atoms with E-state index in [1.54, 1.807) is 0 Å². The Morgan fingerprint density at radius 3 is 2.57 bits per heavy atom. The van der Waals surface area contributed by atoms with Crippen molar-refractivity contribution in [3.05, 3.63) is 35.9 Å². The maximum absolute atomic E-state index is 12.1. The molecule has 5 nitrogen and oxygen atoms in total. The smallest absolute Gasteiger partial charge is 0.239 e. The zero-order valence-electron chi connectivity index (χ0n) is 13.2. The van der Waals surface area contributed by atoms with Crippen molar-refractivity contribution in [2.75, 3.05) is 13.2 Å². The molecule has 0 spiro atoms. The van der Waals surface area contributed by atoms with Crippen LogP contribution in [0.25, 0.3) is 0 Å². The maximum atomic E-state index is 12.1. The fraction of sp³-hybridized carbons (Fsp3) is 0.556. The summed E-state index contributed by atoms with van der Waals surface area (Å²) < 4.78 is 0. The van der Waals surface area contributed by atoms with Crippen LogP contribution >= 0.6 is 0 Å². The summed E-state index contributed by atoms with van der Waals surface area (Å²) >= 11 is 0. The van der Waals surface area contributed by atoms with Crippen molar-refractivity contribution in [3.8, 4) is 0 Å². The number of hydrogen-bond acceptors (Lipinski definition) is 3. The molecule has 0 aliphatic heterocycles. The molecule has 124 valence electrons. The number of aliphatic hydroxyl groups excluding tert-OH is 1. The molecule has 5 heteroatoms. The van der Waals surface area contributed by atoms with E-state index in [9.17, 15) is 14.7 Å². The second kappa shape index (κ2) is 7.13. The minimum Gasteiger partial charge on any atom is -0.396 e. The van der Waals surface area contributed by atoms with Crippen LogP contribution in [-0.2, 0) is 16.0 Å². The van der Waals surface area contributed by atoms with E-state index in [-0.39, 0.29) is 43.3 Å². The van der Waals surface area contributed by atoms with Gasteiger partial charge in [-0.05, 0) is 36.7 Å². The third kappa shape index (κ3) is 3.72. The molecular weight excluding hydrogens is 292 g/mol. The van der Waals surface area contributed by atoms with Crippen molar-refractivity contribution in [2.45, 2.75) is 31.7 Å². The highest BCUT2D eigenvalue weighted by atomic mass is 16.3. The Morgan fingerprint density at radius 1 is 1.09 bits per heavy atom. The molecule has 2 fully saturated rings. The van der Waals surface area contributed by atoms with E-state index in [1.165, 1.54) is 0 Å². The molecule has 2 aliphatic carbocycles. The number of fused-ring (bicyclic) bond motifs is 2. The van der Waals surface area contributed by atoms with Crippen LogP contribution in [0.2, 0.25) is 0 Å². The average molecular weight is 316 g/mol. The summed E-state index contributed by atoms with van der Waals surface area (Å²) in [6, 6.07) is 9.53. The van der Waals surface area contributed by atoms with Gasteiger partial charge in [0.1, 0.15) is 0 Å². The summed E-state index contributed by atoms with van der Waals surface area (Å²) in [6.45, 7) is 0.129. The standard InChI is InChI=1S/C18H24N2O3/c21-11-15-13-6-7-14(9-13)18(15)20-17(23)10-19-16(22)8-12-4-2-1-3-5-12/h1-5,13-15,18,21H,6-11H2,(H,19,22)(H,20,23). The Morgan fingerprint density at radius 2 is 1.83 bits per heavy atom. The summed E-state index contributed by atoms with van der Waals surface area (Å²) in [4.78, 5) is 24.0. The van der Waals surface area contributed by atoms with Crippen LogP contribution in [0.5, 0.6) is 0 Å². The van der Waals surface area contributed by atoms with Crippen molar-refractivity contribution in [2.24, 2.45) is 17.8 Å². The van der Waals surface area contributed by atoms with Gasteiger partial charge < -0.3 is 15.7 Å². The predicted molar refractivity (Wildman–Crippen MR) is 86.5 cm³/mol. The second-order valence-electron chi connectivity index (χ2n) is 6.71. The number of hydrogen-bond donors (Lipinski definition) is 3. The molecule has 0 heterocycles. The lowest BCUT2D eigenvalue weighted by molar-refractivity contribution is -0.126. The summed E-state index contributed by atoms with van der Waals surface area (Å²) in [5, 5.41) is 15.2. The lowest BCUT2D eigenvalue weighted by Crippen LogP contribution is -2.48. The van der Waals surface area contributed by atoms with E-state index < -0.39 is 0 Å². The molecule has 4 atom stereocenters. The molecule has 1 aromatic carbocycles. The minimum atomic E-state index is -0.164. The molecular formula is C18H24N2O3. The van der Waals surface area contributed by atoms with Gasteiger partial charge in [0.2, 0.25) is 11.8 Å². The van der Waals surface area contributed by atoms with Crippen LogP contribution in [-0.4, -0.2) is 36.1 Å². The topological polar surface area (TPSA) is 78.4 Å². The maximum Gasteiger partial charge on any atom is 0.239 e. The van der Waals surface area contributed by atoms with Gasteiger partial charge in [-0.25, -0.2) is 0 Å². The molecule has 2 amide bonds. The summed E-state index contributed by atoms with van der Waals surface area (Å²) in [6.07, 6.45) is 3.68. The Bertz CT molecular complexity index is 561. The van der Waals surface area contributed by atoms with E-state index in [0.717, 1.165) is 24.8 Å². The number of carbonyl (C=O) groups is 2. The number of rotatable bonds is 6. The Kier molecular flexibility index (Phi) is 4.96. The monoisotopic (exact) mass is 316 g/mol. The molecule has 23 heavy (non-hydrogen) atoms. The number of amides is 2. The first-order valence-corrected chi connectivity index (χ1v) is 8.38. The van der Waals surface area contributed by atoms with Gasteiger partial charge in [-0.1, -0.05) is 30.3 Å². The first kappa shape index (κ1) is 16.0. The van der Waals surface area contributed by atoms with E-state index in [0.29, 0.717) is 11.8 Å². The lowest BCUT2D eigenvalue weighted by Gasteiger charge is -2.30. The van der Waals surface area contributed by atoms with Gasteiger partial charge in [0.25, 0.3) is 0 Å². The van der Waals surface area contributed by atoms with Crippen molar-refractivity contribution in [3.63, 3.8) is 0 Å². The first-order valence-electron chi connectivity index (χ1n) is 8.38. The van der Waals surface area contributed by atoms with Gasteiger partial charge in [-0.2, -0.15) is 0 Å². The number of carbonyl (C=O) groups excluding carboxylic acids is 2. The molecule has 2 saturated carbocycles. The van der Waals surface area contributed by atoms with E-state index in [4.69, 9.17) is 0 Å². The van der Waals surface area contributed by atoms with E-state index in [2.05, 4.69) is 10.6 Å². The number of nitrogens with one attached hydrogen (secondary N) is 2. The van der Waals surface area contributed by atoms with Crippen molar-refractivity contribution >= 4 is 11.8 Å². The molecule has 0 aromatic heterocycles. The number of aliphatic hydroxyl groups is 1. The molecule has 4 unspecified atom stereocenters. The van der Waals surface area contributed by atoms with Crippen molar-refractivity contribution in [1.82, 2.24) is 10.6 Å². The van der Waals surface area contributed by atoms with Gasteiger partial charge in [0.05, 0.1) is 13.0 Å². The number of benzene rings is 1. The van der Waals surface area contributed by atoms with Crippen molar-refractivity contribution in [1.29, 1.82) is 0 Å². The van der Waals surface area contributed by atoms with Crippen LogP contribution in [0.1, 0.15) is 24.8 Å². The molecule has 3 rings (SSSR count). The van der Waals surface area contributed by atoms with Gasteiger partial charge in [-0.15, -0.1) is 0 Å². The van der Waals surface area contributed by atoms with E-state index in [1.807, 2.05) is 30.3 Å². The molecule has 1 aromatic rings. The molecule has 2 aliphatic rings. The molecule has 0 saturated heterocycles. The quantitative estimate of drug-likeness (QED) is 0.729. The van der Waals surface area contributed by atoms with Gasteiger partial charge in [0.15, 0.2) is 0 Å². The fourth-order valence-corrected chi connectivity index (χ4v) is 4.16. The minimum absolute atomic E-state index is 0.00228. The van der Waals surface area contributed by atoms with E-state index >= 15 is 0 Å². The predicted octanol–water partition coefficient (Wildman–Crippen LogP) is 0.868. The first-order chi connectivity index (χ1) is 11.2. The largest absolute Gasteiger partial charge is 0.396 e. The molecule has 3 N–H and O–H groups in total. The highest BCUT2D eigenvalue weighted by Crippen LogP contribution is 2.48. The average Bonchev–Trinajstić information content (AvgIpc) is 3.15. The van der Waals surface area contributed by atoms with Gasteiger partial charge >= 0.3 is 0 Å². The van der Waals surface area contributed by atoms with Gasteiger partial charge in [0, 0.05) is 18.6 Å². The Hall–Kier alpha value is -1.88. The fourth-order valence-electron chi connectivity index (χ4n) is 4.16. The van der Waals surface area contributed by atoms with Gasteiger partial charge in [-0.3, -0.25) is 9.59 Å². The Balaban J connectivity index is 1.44. The SMILES string of the molecule is O=C(Cc1ccccc1)NCC(=O)NC1C2CCC(C2)C1CO. The summed E-state index contributed by atoms with van der Waals surface area (Å²) in [5.41, 5.74) is 0.929. The lowest BCUT2D eigenvalue weighted by atomic mass is 9.85. The summed E-state index contributed by atoms with van der Waals surface area (Å²) in [7, 11) is 0. The second-order valence-corrected chi connectivity index (χ2v) is 6.71. The highest BCUT2D eigenvalue weighted by molar-refractivity contribution is 5.85. The van der Waals surface area contributed by atoms with Crippen LogP contribution in [0.15, 0.2) is 30.3 Å². The third-order valence-corrected chi connectivity index (χ3v) is 5.28. The summed E-state index contributed by atoms with van der Waals surface area (Å²) in [5.74, 6) is 0.891. The normalized spacial score (nSPS) is 28.6. The van der Waals surface area contributed by atoms with Crippen LogP contribution < -0.4 is 10.6 Å². The zero-order chi connectivity index (χ0) is 16.2. The molecule has 2 bridgehead atoms. The highest BCUT2D eigenvalue weighted by Gasteiger charge is 2.47. The van der Waals surface area contributed by atoms with Crippen molar-refractivity contribution < 1.29 is 14.7 Å². The zero-order valence-corrected chi connectivity index (χ0v) is 13.2. The third-order valence-electron chi connectivity index (χ3n) is 5.28. The molecule has 0 radical (unpaired) electrons. The van der Waals surface area contributed by atoms with Crippen LogP contribution in [0.4, 0.5) is 0 Å². The van der Waals surface area contributed by atoms with Crippen LogP contribution in [0, 0.1) is 17.8 Å².